The molecule has 0 aromatic carbocycles. The van der Waals surface area contributed by atoms with Crippen molar-refractivity contribution >= 4 is 12.1 Å². The zero-order chi connectivity index (χ0) is 13.8. The number of carbonyl (C=O) groups is 2. The van der Waals surface area contributed by atoms with Crippen LogP contribution in [-0.4, -0.2) is 42.5 Å². The third kappa shape index (κ3) is 4.73. The number of nitrogens with zero attached hydrogens (tertiary/aromatic N) is 1. The molecule has 0 N–H and O–H groups in total. The molecule has 18 heavy (non-hydrogen) atoms. The predicted molar refractivity (Wildman–Crippen MR) is 62.5 cm³/mol. The summed E-state index contributed by atoms with van der Waals surface area (Å²) in [6.07, 6.45) is 2.35. The highest BCUT2D eigenvalue weighted by Gasteiger charge is 2.33. The highest BCUT2D eigenvalue weighted by molar-refractivity contribution is 5.82. The van der Waals surface area contributed by atoms with Crippen molar-refractivity contribution in [2.75, 3.05) is 19.7 Å². The minimum absolute atomic E-state index is 0.0877. The van der Waals surface area contributed by atoms with Crippen molar-refractivity contribution in [1.82, 2.24) is 4.90 Å². The first-order chi connectivity index (χ1) is 8.31. The van der Waals surface area contributed by atoms with E-state index >= 15 is 0 Å². The number of likely N-dealkylation sites (tertiary alicyclic amines) is 1. The lowest BCUT2D eigenvalue weighted by atomic mass is 10.0. The van der Waals surface area contributed by atoms with Crippen LogP contribution in [-0.2, 0) is 14.3 Å². The van der Waals surface area contributed by atoms with Gasteiger partial charge in [-0.3, -0.25) is 0 Å². The second-order valence-electron chi connectivity index (χ2n) is 4.51. The van der Waals surface area contributed by atoms with E-state index in [1.165, 1.54) is 24.8 Å². The van der Waals surface area contributed by atoms with Crippen LogP contribution in [0.5, 0.6) is 0 Å². The van der Waals surface area contributed by atoms with Crippen LogP contribution >= 0.6 is 0 Å². The van der Waals surface area contributed by atoms with E-state index in [-0.39, 0.29) is 5.92 Å². The molecular formula is C12H18FNO4. The van der Waals surface area contributed by atoms with Crippen LogP contribution in [0.4, 0.5) is 9.18 Å². The molecular weight excluding hydrogens is 241 g/mol. The number of ether oxygens (including phenoxy) is 2. The summed E-state index contributed by atoms with van der Waals surface area (Å²) in [5, 5.41) is 0. The van der Waals surface area contributed by atoms with E-state index in [2.05, 4.69) is 4.74 Å². The first-order valence-electron chi connectivity index (χ1n) is 5.83. The lowest BCUT2D eigenvalue weighted by Gasteiger charge is -2.37. The molecule has 1 aliphatic rings. The Bertz CT molecular complexity index is 342. The third-order valence-electron chi connectivity index (χ3n) is 2.29. The largest absolute Gasteiger partial charge is 0.463 e. The number of amides is 1. The zero-order valence-electron chi connectivity index (χ0n) is 10.8. The van der Waals surface area contributed by atoms with Gasteiger partial charge in [0.25, 0.3) is 0 Å². The number of rotatable bonds is 4. The molecule has 0 radical (unpaired) electrons. The molecule has 0 bridgehead atoms. The maximum Gasteiger partial charge on any atom is 0.412 e. The van der Waals surface area contributed by atoms with Gasteiger partial charge in [0.15, 0.2) is 0 Å². The van der Waals surface area contributed by atoms with E-state index in [9.17, 15) is 14.0 Å². The van der Waals surface area contributed by atoms with E-state index < -0.39 is 17.9 Å². The van der Waals surface area contributed by atoms with Gasteiger partial charge in [-0.25, -0.2) is 9.59 Å². The lowest BCUT2D eigenvalue weighted by Crippen LogP contribution is -2.50. The minimum Gasteiger partial charge on any atom is -0.463 e. The van der Waals surface area contributed by atoms with Crippen molar-refractivity contribution in [1.29, 1.82) is 0 Å². The van der Waals surface area contributed by atoms with Crippen LogP contribution in [0.3, 0.4) is 0 Å². The summed E-state index contributed by atoms with van der Waals surface area (Å²) in [6, 6.07) is 0. The number of hydrogen-bond acceptors (Lipinski definition) is 4. The average molecular weight is 259 g/mol. The second kappa shape index (κ2) is 5.84. The van der Waals surface area contributed by atoms with Crippen LogP contribution in [0, 0.1) is 5.92 Å². The highest BCUT2D eigenvalue weighted by Crippen LogP contribution is 2.21. The van der Waals surface area contributed by atoms with Crippen LogP contribution < -0.4 is 0 Å². The Balaban J connectivity index is 2.28. The molecule has 5 nitrogen and oxygen atoms in total. The summed E-state index contributed by atoms with van der Waals surface area (Å²) in [5.41, 5.74) is 0. The molecule has 102 valence electrons. The fraction of sp³-hybridized carbons (Fsp3) is 0.667. The van der Waals surface area contributed by atoms with E-state index in [0.717, 1.165) is 0 Å². The second-order valence-corrected chi connectivity index (χ2v) is 4.51. The summed E-state index contributed by atoms with van der Waals surface area (Å²) in [4.78, 5) is 23.8. The molecule has 1 amide bonds. The molecule has 0 aromatic rings. The lowest BCUT2D eigenvalue weighted by molar-refractivity contribution is -0.137. The van der Waals surface area contributed by atoms with Gasteiger partial charge in [0.1, 0.15) is 0 Å². The molecule has 0 spiro atoms. The molecule has 0 aliphatic carbocycles. The van der Waals surface area contributed by atoms with Crippen molar-refractivity contribution < 1.29 is 23.5 Å². The predicted octanol–water partition coefficient (Wildman–Crippen LogP) is 1.88. The van der Waals surface area contributed by atoms with Gasteiger partial charge < -0.3 is 14.4 Å². The zero-order valence-corrected chi connectivity index (χ0v) is 10.8. The molecule has 0 unspecified atom stereocenters. The Morgan fingerprint density at radius 2 is 2.06 bits per heavy atom. The van der Waals surface area contributed by atoms with Gasteiger partial charge in [-0.15, -0.1) is 0 Å². The molecule has 6 heteroatoms. The van der Waals surface area contributed by atoms with Gasteiger partial charge in [-0.2, -0.15) is 4.39 Å². The van der Waals surface area contributed by atoms with Crippen LogP contribution in [0.25, 0.3) is 0 Å². The number of hydrogen-bond donors (Lipinski definition) is 0. The van der Waals surface area contributed by atoms with Crippen LogP contribution in [0.1, 0.15) is 20.8 Å². The van der Waals surface area contributed by atoms with E-state index in [1.54, 1.807) is 13.0 Å². The van der Waals surface area contributed by atoms with Gasteiger partial charge >= 0.3 is 12.1 Å². The number of alkyl halides is 1. The first-order valence-corrected chi connectivity index (χ1v) is 5.83. The van der Waals surface area contributed by atoms with E-state index in [1.807, 2.05) is 0 Å². The van der Waals surface area contributed by atoms with E-state index in [0.29, 0.717) is 19.7 Å². The first kappa shape index (κ1) is 14.5. The average Bonchev–Trinajstić information content (AvgIpc) is 2.12. The molecule has 0 saturated carbocycles. The standard InChI is InChI=1S/C12H18FNO4/c1-4-17-10(15)6-5-9-7-14(8-9)11(16)18-12(2,3)13/h5-6,9H,4,7-8H2,1-3H3. The summed E-state index contributed by atoms with van der Waals surface area (Å²) < 4.78 is 22.3. The number of esters is 1. The van der Waals surface area contributed by atoms with Gasteiger partial charge in [0.05, 0.1) is 6.61 Å². The number of halogens is 1. The van der Waals surface area contributed by atoms with Crippen molar-refractivity contribution in [3.05, 3.63) is 12.2 Å². The monoisotopic (exact) mass is 259 g/mol. The van der Waals surface area contributed by atoms with Gasteiger partial charge in [0, 0.05) is 38.9 Å². The quantitative estimate of drug-likeness (QED) is 0.571. The fourth-order valence-electron chi connectivity index (χ4n) is 1.46. The molecule has 1 heterocycles. The molecule has 0 aromatic heterocycles. The Labute approximate surface area is 106 Å². The normalized spacial score (nSPS) is 16.6. The Morgan fingerprint density at radius 1 is 1.44 bits per heavy atom. The van der Waals surface area contributed by atoms with Crippen LogP contribution in [0.2, 0.25) is 0 Å². The molecule has 0 atom stereocenters. The Morgan fingerprint density at radius 3 is 2.56 bits per heavy atom. The van der Waals surface area contributed by atoms with Crippen LogP contribution in [0.15, 0.2) is 12.2 Å². The summed E-state index contributed by atoms with van der Waals surface area (Å²) in [5.74, 6) is -2.28. The minimum atomic E-state index is -1.97. The maximum atomic E-state index is 13.1. The fourth-order valence-corrected chi connectivity index (χ4v) is 1.46. The van der Waals surface area contributed by atoms with Gasteiger partial charge in [0.2, 0.25) is 5.85 Å². The van der Waals surface area contributed by atoms with Crippen molar-refractivity contribution in [2.24, 2.45) is 5.92 Å². The maximum absolute atomic E-state index is 13.1. The van der Waals surface area contributed by atoms with E-state index in [4.69, 9.17) is 4.74 Å². The Hall–Kier alpha value is -1.59. The number of carbonyl (C=O) groups excluding carboxylic acids is 2. The highest BCUT2D eigenvalue weighted by atomic mass is 19.2. The van der Waals surface area contributed by atoms with Gasteiger partial charge in [-0.05, 0) is 6.92 Å². The molecule has 1 saturated heterocycles. The molecule has 1 fully saturated rings. The Kier molecular flexibility index (Phi) is 4.69. The molecule has 1 aliphatic heterocycles. The van der Waals surface area contributed by atoms with Gasteiger partial charge in [-0.1, -0.05) is 6.08 Å². The van der Waals surface area contributed by atoms with Crippen molar-refractivity contribution in [3.63, 3.8) is 0 Å². The third-order valence-corrected chi connectivity index (χ3v) is 2.29. The smallest absolute Gasteiger partial charge is 0.412 e. The summed E-state index contributed by atoms with van der Waals surface area (Å²) in [7, 11) is 0. The van der Waals surface area contributed by atoms with Crippen molar-refractivity contribution in [3.8, 4) is 0 Å². The topological polar surface area (TPSA) is 55.8 Å². The summed E-state index contributed by atoms with van der Waals surface area (Å²) >= 11 is 0. The van der Waals surface area contributed by atoms with Crippen molar-refractivity contribution in [2.45, 2.75) is 26.6 Å². The molecule has 1 rings (SSSR count). The summed E-state index contributed by atoms with van der Waals surface area (Å²) in [6.45, 7) is 5.24. The SMILES string of the molecule is CCOC(=O)C=CC1CN(C(=O)OC(C)(C)F)C1.